The molecule has 0 radical (unpaired) electrons. The Balaban J connectivity index is 2.06. The van der Waals surface area contributed by atoms with Crippen molar-refractivity contribution in [1.29, 1.82) is 0 Å². The smallest absolute Gasteiger partial charge is 0.305 e. The highest BCUT2D eigenvalue weighted by atomic mass is 16.5. The van der Waals surface area contributed by atoms with Crippen molar-refractivity contribution in [2.75, 3.05) is 0 Å². The molecule has 2 atom stereocenters. The van der Waals surface area contributed by atoms with Crippen LogP contribution in [0, 0.1) is 0 Å². The first-order valence-corrected chi connectivity index (χ1v) is 8.85. The second-order valence-corrected chi connectivity index (χ2v) is 6.47. The summed E-state index contributed by atoms with van der Waals surface area (Å²) in [6.45, 7) is 5.48. The summed E-state index contributed by atoms with van der Waals surface area (Å²) in [5.74, 6) is -0.118. The topological polar surface area (TPSA) is 84.9 Å². The summed E-state index contributed by atoms with van der Waals surface area (Å²) in [6, 6.07) is 15.4. The number of benzene rings is 2. The molecular weight excluding hydrogens is 346 g/mol. The maximum absolute atomic E-state index is 12.5. The van der Waals surface area contributed by atoms with Gasteiger partial charge >= 0.3 is 5.97 Å². The van der Waals surface area contributed by atoms with E-state index in [2.05, 4.69) is 5.32 Å². The molecule has 2 rings (SSSR count). The summed E-state index contributed by atoms with van der Waals surface area (Å²) < 4.78 is 11.2. The largest absolute Gasteiger partial charge is 0.491 e. The van der Waals surface area contributed by atoms with Crippen LogP contribution >= 0.6 is 0 Å². The van der Waals surface area contributed by atoms with Crippen molar-refractivity contribution in [3.8, 4) is 11.5 Å². The molecule has 0 aliphatic rings. The lowest BCUT2D eigenvalue weighted by Crippen LogP contribution is -2.39. The van der Waals surface area contributed by atoms with E-state index in [0.29, 0.717) is 17.1 Å². The first-order valence-electron chi connectivity index (χ1n) is 8.85. The molecule has 0 aliphatic heterocycles. The number of aliphatic carboxylic acids is 1. The molecule has 6 heteroatoms. The van der Waals surface area contributed by atoms with Crippen LogP contribution in [0.4, 0.5) is 0 Å². The number of para-hydroxylation sites is 1. The molecule has 0 heterocycles. The minimum absolute atomic E-state index is 0.0429. The van der Waals surface area contributed by atoms with E-state index in [-0.39, 0.29) is 18.4 Å². The Bertz CT molecular complexity index is 743. The normalized spacial score (nSPS) is 12.9. The Morgan fingerprint density at radius 2 is 1.52 bits per heavy atom. The Kier molecular flexibility index (Phi) is 7.23. The molecule has 2 aromatic carbocycles. The second-order valence-electron chi connectivity index (χ2n) is 6.47. The van der Waals surface area contributed by atoms with Crippen molar-refractivity contribution in [2.45, 2.75) is 45.4 Å². The van der Waals surface area contributed by atoms with Gasteiger partial charge in [0, 0.05) is 0 Å². The molecule has 2 unspecified atom stereocenters. The van der Waals surface area contributed by atoms with Crippen molar-refractivity contribution in [3.63, 3.8) is 0 Å². The highest BCUT2D eigenvalue weighted by Crippen LogP contribution is 2.22. The van der Waals surface area contributed by atoms with E-state index >= 15 is 0 Å². The Morgan fingerprint density at radius 3 is 2.07 bits per heavy atom. The molecule has 0 bridgehead atoms. The van der Waals surface area contributed by atoms with Crippen LogP contribution in [0.2, 0.25) is 0 Å². The average Bonchev–Trinajstić information content (AvgIpc) is 2.61. The third-order valence-electron chi connectivity index (χ3n) is 3.77. The zero-order valence-corrected chi connectivity index (χ0v) is 15.7. The van der Waals surface area contributed by atoms with Crippen LogP contribution in [0.5, 0.6) is 11.5 Å². The van der Waals surface area contributed by atoms with Gasteiger partial charge in [0.05, 0.1) is 18.6 Å². The van der Waals surface area contributed by atoms with Gasteiger partial charge in [0.2, 0.25) is 0 Å². The maximum Gasteiger partial charge on any atom is 0.305 e. The molecule has 2 N–H and O–H groups in total. The monoisotopic (exact) mass is 371 g/mol. The van der Waals surface area contributed by atoms with Gasteiger partial charge in [-0.2, -0.15) is 0 Å². The minimum Gasteiger partial charge on any atom is -0.491 e. The maximum atomic E-state index is 12.5. The number of hydrogen-bond acceptors (Lipinski definition) is 4. The van der Waals surface area contributed by atoms with Crippen LogP contribution < -0.4 is 14.8 Å². The summed E-state index contributed by atoms with van der Waals surface area (Å²) in [5.41, 5.74) is 0.689. The zero-order valence-electron chi connectivity index (χ0n) is 15.7. The van der Waals surface area contributed by atoms with Crippen LogP contribution in [0.1, 0.15) is 38.8 Å². The molecular formula is C21H25NO5. The van der Waals surface area contributed by atoms with E-state index in [4.69, 9.17) is 9.47 Å². The van der Waals surface area contributed by atoms with Gasteiger partial charge in [0.1, 0.15) is 11.5 Å². The lowest BCUT2D eigenvalue weighted by atomic mass is 10.0. The summed E-state index contributed by atoms with van der Waals surface area (Å²) in [6.07, 6.45) is -0.942. The summed E-state index contributed by atoms with van der Waals surface area (Å²) in [4.78, 5) is 23.7. The number of amides is 1. The number of carbonyl (C=O) groups is 2. The van der Waals surface area contributed by atoms with Crippen LogP contribution in [-0.4, -0.2) is 29.2 Å². The number of ether oxygens (including phenoxy) is 2. The fourth-order valence-electron chi connectivity index (χ4n) is 2.52. The quantitative estimate of drug-likeness (QED) is 0.704. The van der Waals surface area contributed by atoms with Gasteiger partial charge in [0.25, 0.3) is 5.91 Å². The Morgan fingerprint density at radius 1 is 0.926 bits per heavy atom. The van der Waals surface area contributed by atoms with Gasteiger partial charge in [0.15, 0.2) is 6.10 Å². The lowest BCUT2D eigenvalue weighted by Gasteiger charge is -2.21. The van der Waals surface area contributed by atoms with Crippen molar-refractivity contribution >= 4 is 11.9 Å². The Hall–Kier alpha value is -3.02. The minimum atomic E-state index is -1.00. The predicted octanol–water partition coefficient (Wildman–Crippen LogP) is 3.57. The van der Waals surface area contributed by atoms with Gasteiger partial charge in [-0.25, -0.2) is 0 Å². The summed E-state index contributed by atoms with van der Waals surface area (Å²) >= 11 is 0. The highest BCUT2D eigenvalue weighted by molar-refractivity contribution is 5.82. The van der Waals surface area contributed by atoms with Crippen LogP contribution in [0.25, 0.3) is 0 Å². The van der Waals surface area contributed by atoms with E-state index in [9.17, 15) is 14.7 Å². The van der Waals surface area contributed by atoms with Crippen molar-refractivity contribution in [3.05, 3.63) is 60.2 Å². The predicted molar refractivity (Wildman–Crippen MR) is 102 cm³/mol. The van der Waals surface area contributed by atoms with E-state index in [1.165, 1.54) is 0 Å². The molecule has 0 saturated carbocycles. The van der Waals surface area contributed by atoms with E-state index in [1.54, 1.807) is 43.3 Å². The fourth-order valence-corrected chi connectivity index (χ4v) is 2.52. The third kappa shape index (κ3) is 6.66. The number of nitrogens with one attached hydrogen (secondary N) is 1. The van der Waals surface area contributed by atoms with Crippen molar-refractivity contribution < 1.29 is 24.2 Å². The molecule has 0 aliphatic carbocycles. The van der Waals surface area contributed by atoms with Gasteiger partial charge in [-0.3, -0.25) is 9.59 Å². The van der Waals surface area contributed by atoms with Crippen LogP contribution in [0.3, 0.4) is 0 Å². The summed E-state index contributed by atoms with van der Waals surface area (Å²) in [7, 11) is 0. The van der Waals surface area contributed by atoms with Gasteiger partial charge in [-0.1, -0.05) is 30.3 Å². The fraction of sp³-hybridized carbons (Fsp3) is 0.333. The number of carboxylic acid groups (broad SMARTS) is 1. The number of carbonyl (C=O) groups excluding carboxylic acids is 1. The average molecular weight is 371 g/mol. The molecule has 0 spiro atoms. The SMILES string of the molecule is CC(C)Oc1ccc(C(CC(=O)O)NC(=O)C(C)Oc2ccccc2)cc1. The van der Waals surface area contributed by atoms with Gasteiger partial charge < -0.3 is 19.9 Å². The molecule has 0 fully saturated rings. The zero-order chi connectivity index (χ0) is 19.8. The molecule has 27 heavy (non-hydrogen) atoms. The third-order valence-corrected chi connectivity index (χ3v) is 3.77. The highest BCUT2D eigenvalue weighted by Gasteiger charge is 2.22. The molecule has 144 valence electrons. The number of hydrogen-bond donors (Lipinski definition) is 2. The van der Waals surface area contributed by atoms with Crippen LogP contribution in [0.15, 0.2) is 54.6 Å². The summed E-state index contributed by atoms with van der Waals surface area (Å²) in [5, 5.41) is 12.0. The number of carboxylic acids is 1. The van der Waals surface area contributed by atoms with E-state index in [0.717, 1.165) is 0 Å². The van der Waals surface area contributed by atoms with Gasteiger partial charge in [-0.15, -0.1) is 0 Å². The standard InChI is InChI=1S/C21H25NO5/c1-14(2)26-18-11-9-16(10-12-18)19(13-20(23)24)22-21(25)15(3)27-17-7-5-4-6-8-17/h4-12,14-15,19H,13H2,1-3H3,(H,22,25)(H,23,24). The number of rotatable bonds is 9. The molecule has 2 aromatic rings. The van der Waals surface area contributed by atoms with E-state index < -0.39 is 18.1 Å². The van der Waals surface area contributed by atoms with E-state index in [1.807, 2.05) is 32.0 Å². The van der Waals surface area contributed by atoms with Crippen molar-refractivity contribution in [1.82, 2.24) is 5.32 Å². The molecule has 1 amide bonds. The van der Waals surface area contributed by atoms with Gasteiger partial charge in [-0.05, 0) is 50.6 Å². The second kappa shape index (κ2) is 9.62. The molecule has 6 nitrogen and oxygen atoms in total. The first kappa shape index (κ1) is 20.3. The Labute approximate surface area is 159 Å². The van der Waals surface area contributed by atoms with Crippen LogP contribution in [-0.2, 0) is 9.59 Å². The lowest BCUT2D eigenvalue weighted by molar-refractivity contribution is -0.138. The molecule has 0 aromatic heterocycles. The first-order chi connectivity index (χ1) is 12.8. The van der Waals surface area contributed by atoms with Crippen molar-refractivity contribution in [2.24, 2.45) is 0 Å². The molecule has 0 saturated heterocycles.